The van der Waals surface area contributed by atoms with Crippen molar-refractivity contribution in [3.63, 3.8) is 0 Å². The lowest BCUT2D eigenvalue weighted by Gasteiger charge is -2.29. The zero-order valence-electron chi connectivity index (χ0n) is 28.4. The van der Waals surface area contributed by atoms with Gasteiger partial charge in [-0.15, -0.1) is 0 Å². The summed E-state index contributed by atoms with van der Waals surface area (Å²) in [7, 11) is 0. The molecule has 1 aliphatic rings. The van der Waals surface area contributed by atoms with Gasteiger partial charge in [0.25, 0.3) is 0 Å². The monoisotopic (exact) mass is 608 g/mol. The van der Waals surface area contributed by atoms with Crippen molar-refractivity contribution in [3.8, 4) is 22.3 Å². The topological polar surface area (TPSA) is 46.5 Å². The Labute approximate surface area is 273 Å². The van der Waals surface area contributed by atoms with Gasteiger partial charge in [0.05, 0.1) is 6.61 Å². The van der Waals surface area contributed by atoms with Gasteiger partial charge in [-0.2, -0.15) is 0 Å². The highest BCUT2D eigenvalue weighted by Gasteiger charge is 2.22. The van der Waals surface area contributed by atoms with Gasteiger partial charge in [0.1, 0.15) is 0 Å². The number of hydrogen-bond donors (Lipinski definition) is 1. The van der Waals surface area contributed by atoms with Gasteiger partial charge in [-0.1, -0.05) is 101 Å². The summed E-state index contributed by atoms with van der Waals surface area (Å²) in [6.07, 6.45) is 15.1. The smallest absolute Gasteiger partial charge is 0.333 e. The molecule has 3 nitrogen and oxygen atoms in total. The number of ether oxygens (including phenoxy) is 1. The largest absolute Gasteiger partial charge is 0.462 e. The first-order valence-electron chi connectivity index (χ1n) is 17.6. The van der Waals surface area contributed by atoms with E-state index in [1.165, 1.54) is 101 Å². The SMILES string of the molecule is C=C(C)C(=O)OCCCc1cc(-c2ccc(-c3ccc(C4CCC(CCCCC)CC4)cc3C)cc2CC)ccc1CCCO. The molecule has 1 saturated carbocycles. The number of benzene rings is 3. The van der Waals surface area contributed by atoms with E-state index < -0.39 is 0 Å². The Morgan fingerprint density at radius 3 is 2.20 bits per heavy atom. The Bertz CT molecular complexity index is 1410. The normalized spacial score (nSPS) is 16.5. The lowest BCUT2D eigenvalue weighted by atomic mass is 9.76. The minimum absolute atomic E-state index is 0.180. The summed E-state index contributed by atoms with van der Waals surface area (Å²) in [5.74, 6) is 1.32. The predicted molar refractivity (Wildman–Crippen MR) is 190 cm³/mol. The van der Waals surface area contributed by atoms with Crippen LogP contribution in [0, 0.1) is 12.8 Å². The maximum absolute atomic E-state index is 11.8. The molecule has 45 heavy (non-hydrogen) atoms. The third-order valence-electron chi connectivity index (χ3n) is 9.88. The summed E-state index contributed by atoms with van der Waals surface area (Å²) in [6, 6.07) is 20.9. The Hall–Kier alpha value is -3.17. The molecular weight excluding hydrogens is 552 g/mol. The van der Waals surface area contributed by atoms with Gasteiger partial charge in [0.15, 0.2) is 0 Å². The van der Waals surface area contributed by atoms with Gasteiger partial charge >= 0.3 is 5.97 Å². The van der Waals surface area contributed by atoms with Crippen LogP contribution < -0.4 is 0 Å². The number of esters is 1. The summed E-state index contributed by atoms with van der Waals surface area (Å²) < 4.78 is 5.35. The van der Waals surface area contributed by atoms with E-state index in [2.05, 4.69) is 81.9 Å². The minimum atomic E-state index is -0.331. The van der Waals surface area contributed by atoms with Gasteiger partial charge in [-0.05, 0) is 134 Å². The van der Waals surface area contributed by atoms with E-state index in [1.807, 2.05) is 0 Å². The first-order chi connectivity index (χ1) is 21.8. The fourth-order valence-corrected chi connectivity index (χ4v) is 7.16. The van der Waals surface area contributed by atoms with E-state index in [1.54, 1.807) is 6.92 Å². The Morgan fingerprint density at radius 2 is 1.51 bits per heavy atom. The second-order valence-electron chi connectivity index (χ2n) is 13.3. The third kappa shape index (κ3) is 9.66. The molecule has 3 heteroatoms. The third-order valence-corrected chi connectivity index (χ3v) is 9.88. The zero-order valence-corrected chi connectivity index (χ0v) is 28.4. The molecule has 1 N–H and O–H groups in total. The maximum atomic E-state index is 11.8. The van der Waals surface area contributed by atoms with Crippen LogP contribution in [0.15, 0.2) is 66.7 Å². The number of aliphatic hydroxyl groups excluding tert-OH is 1. The molecule has 0 aromatic heterocycles. The van der Waals surface area contributed by atoms with E-state index >= 15 is 0 Å². The van der Waals surface area contributed by atoms with E-state index in [0.717, 1.165) is 38.0 Å². The van der Waals surface area contributed by atoms with Crippen molar-refractivity contribution in [2.24, 2.45) is 5.92 Å². The second-order valence-corrected chi connectivity index (χ2v) is 13.3. The predicted octanol–water partition coefficient (Wildman–Crippen LogP) is 10.7. The highest BCUT2D eigenvalue weighted by atomic mass is 16.5. The van der Waals surface area contributed by atoms with Crippen LogP contribution in [0.4, 0.5) is 0 Å². The van der Waals surface area contributed by atoms with Crippen molar-refractivity contribution in [3.05, 3.63) is 94.6 Å². The molecule has 0 saturated heterocycles. The van der Waals surface area contributed by atoms with Crippen LogP contribution in [0.3, 0.4) is 0 Å². The van der Waals surface area contributed by atoms with E-state index in [4.69, 9.17) is 4.74 Å². The van der Waals surface area contributed by atoms with E-state index in [-0.39, 0.29) is 12.6 Å². The fourth-order valence-electron chi connectivity index (χ4n) is 7.16. The Balaban J connectivity index is 1.49. The summed E-state index contributed by atoms with van der Waals surface area (Å²) in [5, 5.41) is 9.44. The molecule has 0 spiro atoms. The number of aliphatic hydroxyl groups is 1. The molecule has 0 radical (unpaired) electrons. The van der Waals surface area contributed by atoms with Crippen LogP contribution in [0.1, 0.15) is 119 Å². The number of aryl methyl sites for hydroxylation is 4. The van der Waals surface area contributed by atoms with Crippen molar-refractivity contribution < 1.29 is 14.6 Å². The lowest BCUT2D eigenvalue weighted by Crippen LogP contribution is -2.13. The molecule has 0 bridgehead atoms. The molecule has 0 unspecified atom stereocenters. The van der Waals surface area contributed by atoms with Crippen LogP contribution in [0.25, 0.3) is 22.3 Å². The van der Waals surface area contributed by atoms with Crippen molar-refractivity contribution in [1.82, 2.24) is 0 Å². The molecule has 1 fully saturated rings. The first kappa shape index (κ1) is 34.7. The lowest BCUT2D eigenvalue weighted by molar-refractivity contribution is -0.139. The highest BCUT2D eigenvalue weighted by Crippen LogP contribution is 2.39. The Kier molecular flexibility index (Phi) is 13.5. The van der Waals surface area contributed by atoms with Gasteiger partial charge in [-0.3, -0.25) is 0 Å². The van der Waals surface area contributed by atoms with Crippen molar-refractivity contribution >= 4 is 5.97 Å². The summed E-state index contributed by atoms with van der Waals surface area (Å²) in [6.45, 7) is 12.7. The van der Waals surface area contributed by atoms with Crippen LogP contribution in [-0.2, 0) is 28.8 Å². The average Bonchev–Trinajstić information content (AvgIpc) is 3.06. The average molecular weight is 609 g/mol. The number of unbranched alkanes of at least 4 members (excludes halogenated alkanes) is 2. The summed E-state index contributed by atoms with van der Waals surface area (Å²) in [5.41, 5.74) is 12.3. The standard InChI is InChI=1S/C42H56O3/c1-6-8-9-12-32-15-17-35(18-16-32)37-21-23-40(31(5)27-37)38-22-24-41(33(7-2)28-38)39-20-19-34(13-10-25-43)36(29-39)14-11-26-45-42(44)30(3)4/h19-24,27-29,32,35,43H,3,6-18,25-26H2,1-2,4-5H3. The Morgan fingerprint density at radius 1 is 0.822 bits per heavy atom. The number of carbonyl (C=O) groups excluding carboxylic acids is 1. The number of hydrogen-bond acceptors (Lipinski definition) is 3. The van der Waals surface area contributed by atoms with Crippen LogP contribution in [0.5, 0.6) is 0 Å². The van der Waals surface area contributed by atoms with Crippen molar-refractivity contribution in [2.45, 2.75) is 117 Å². The van der Waals surface area contributed by atoms with Gasteiger partial charge in [0, 0.05) is 12.2 Å². The zero-order chi connectivity index (χ0) is 32.2. The molecule has 3 aromatic rings. The van der Waals surface area contributed by atoms with Crippen LogP contribution >= 0.6 is 0 Å². The van der Waals surface area contributed by atoms with Gasteiger partial charge in [0.2, 0.25) is 0 Å². The molecule has 0 atom stereocenters. The molecule has 1 aliphatic carbocycles. The van der Waals surface area contributed by atoms with E-state index in [9.17, 15) is 9.90 Å². The maximum Gasteiger partial charge on any atom is 0.333 e. The molecule has 3 aromatic carbocycles. The van der Waals surface area contributed by atoms with Crippen LogP contribution in [-0.4, -0.2) is 24.3 Å². The fraction of sp³-hybridized carbons (Fsp3) is 0.500. The molecular formula is C42H56O3. The highest BCUT2D eigenvalue weighted by molar-refractivity contribution is 5.86. The first-order valence-corrected chi connectivity index (χ1v) is 17.6. The molecule has 0 heterocycles. The minimum Gasteiger partial charge on any atom is -0.462 e. The number of carbonyl (C=O) groups is 1. The van der Waals surface area contributed by atoms with Crippen LogP contribution in [0.2, 0.25) is 0 Å². The molecule has 4 rings (SSSR count). The van der Waals surface area contributed by atoms with Gasteiger partial charge in [-0.25, -0.2) is 4.79 Å². The van der Waals surface area contributed by atoms with E-state index in [0.29, 0.717) is 18.1 Å². The molecule has 0 aliphatic heterocycles. The number of rotatable bonds is 16. The second kappa shape index (κ2) is 17.5. The molecule has 0 amide bonds. The quantitative estimate of drug-likeness (QED) is 0.0999. The molecule has 242 valence electrons. The van der Waals surface area contributed by atoms with Crippen molar-refractivity contribution in [1.29, 1.82) is 0 Å². The van der Waals surface area contributed by atoms with Crippen molar-refractivity contribution in [2.75, 3.05) is 13.2 Å². The van der Waals surface area contributed by atoms with Gasteiger partial charge < -0.3 is 9.84 Å². The summed E-state index contributed by atoms with van der Waals surface area (Å²) in [4.78, 5) is 11.8. The summed E-state index contributed by atoms with van der Waals surface area (Å²) >= 11 is 0.